The molecule has 0 saturated carbocycles. The van der Waals surface area contributed by atoms with Crippen LogP contribution in [0.5, 0.6) is 0 Å². The molecule has 2 atom stereocenters. The highest BCUT2D eigenvalue weighted by molar-refractivity contribution is 6.03. The van der Waals surface area contributed by atoms with E-state index >= 15 is 0 Å². The number of ether oxygens (including phenoxy) is 1. The first-order valence-corrected chi connectivity index (χ1v) is 13.1. The largest absolute Gasteiger partial charge is 0.342 e. The number of β-lactam (4-membered cyclic amide) rings is 1. The lowest BCUT2D eigenvalue weighted by molar-refractivity contribution is -0.237. The summed E-state index contributed by atoms with van der Waals surface area (Å²) >= 11 is 0. The number of amides is 4. The van der Waals surface area contributed by atoms with Crippen molar-refractivity contribution >= 4 is 17.8 Å². The average molecular weight is 503 g/mol. The van der Waals surface area contributed by atoms with Crippen LogP contribution in [0.4, 0.5) is 4.79 Å². The number of carbonyl (C=O) groups is 3. The number of likely N-dealkylation sites (N-methyl/N-ethyl adjacent to an activating group) is 2. The minimum absolute atomic E-state index is 0.186. The van der Waals surface area contributed by atoms with Crippen LogP contribution in [-0.2, 0) is 14.3 Å². The van der Waals surface area contributed by atoms with Gasteiger partial charge in [-0.1, -0.05) is 57.0 Å². The monoisotopic (exact) mass is 502 g/mol. The lowest BCUT2D eigenvalue weighted by atomic mass is 9.71. The fourth-order valence-electron chi connectivity index (χ4n) is 4.77. The molecule has 2 unspecified atom stereocenters. The Morgan fingerprint density at radius 1 is 1.08 bits per heavy atom. The molecule has 1 heterocycles. The second kappa shape index (κ2) is 12.2. The summed E-state index contributed by atoms with van der Waals surface area (Å²) in [6.07, 6.45) is 1.85. The molecule has 0 spiro atoms. The third-order valence-corrected chi connectivity index (χ3v) is 7.34. The quantitative estimate of drug-likeness (QED) is 0.430. The van der Waals surface area contributed by atoms with E-state index in [1.807, 2.05) is 64.0 Å². The zero-order valence-corrected chi connectivity index (χ0v) is 23.7. The van der Waals surface area contributed by atoms with Crippen molar-refractivity contribution in [3.05, 3.63) is 35.4 Å². The van der Waals surface area contributed by atoms with E-state index < -0.39 is 23.3 Å². The molecule has 1 aliphatic rings. The van der Waals surface area contributed by atoms with Gasteiger partial charge in [0.1, 0.15) is 5.60 Å². The molecule has 1 aromatic rings. The molecule has 1 aliphatic heterocycles. The number of nitrogens with one attached hydrogen (secondary N) is 1. The third kappa shape index (κ3) is 6.27. The predicted molar refractivity (Wildman–Crippen MR) is 142 cm³/mol. The Morgan fingerprint density at radius 3 is 2.17 bits per heavy atom. The number of likely N-dealkylation sites (tertiary alicyclic amines) is 1. The summed E-state index contributed by atoms with van der Waals surface area (Å²) in [5, 5.41) is 3.06. The van der Waals surface area contributed by atoms with Crippen molar-refractivity contribution in [3.63, 3.8) is 0 Å². The smallest absolute Gasteiger partial charge is 0.326 e. The van der Waals surface area contributed by atoms with Crippen LogP contribution in [0, 0.1) is 12.3 Å². The van der Waals surface area contributed by atoms with Gasteiger partial charge in [0.2, 0.25) is 5.91 Å². The van der Waals surface area contributed by atoms with Crippen molar-refractivity contribution in [1.82, 2.24) is 20.0 Å². The number of urea groups is 1. The van der Waals surface area contributed by atoms with Crippen LogP contribution in [0.1, 0.15) is 77.5 Å². The van der Waals surface area contributed by atoms with E-state index in [9.17, 15) is 14.4 Å². The van der Waals surface area contributed by atoms with E-state index in [1.165, 1.54) is 4.90 Å². The highest BCUT2D eigenvalue weighted by Crippen LogP contribution is 2.47. The van der Waals surface area contributed by atoms with E-state index in [-0.39, 0.29) is 17.9 Å². The van der Waals surface area contributed by atoms with Crippen molar-refractivity contribution in [2.24, 2.45) is 5.41 Å². The lowest BCUT2D eigenvalue weighted by Crippen LogP contribution is -2.74. The molecule has 8 heteroatoms. The standard InChI is InChI=1S/C28H46N4O4/c1-10-13-22(21-16-14-20(4)15-17-21)29-26(35)32-24(34)28(11-2,12-3)25(32)36-27(5,6)23(33)31(9)19-18-30(7)8/h14-17,22,25H,10-13,18-19H2,1-9H3,(H,29,35). The Morgan fingerprint density at radius 2 is 1.67 bits per heavy atom. The summed E-state index contributed by atoms with van der Waals surface area (Å²) in [7, 11) is 5.66. The lowest BCUT2D eigenvalue weighted by Gasteiger charge is -2.55. The topological polar surface area (TPSA) is 82.2 Å². The molecule has 0 aliphatic carbocycles. The molecule has 1 N–H and O–H groups in total. The first-order valence-electron chi connectivity index (χ1n) is 13.1. The number of hydrogen-bond acceptors (Lipinski definition) is 5. The van der Waals surface area contributed by atoms with Crippen LogP contribution >= 0.6 is 0 Å². The minimum atomic E-state index is -1.21. The van der Waals surface area contributed by atoms with Crippen LogP contribution in [0.3, 0.4) is 0 Å². The van der Waals surface area contributed by atoms with E-state index in [1.54, 1.807) is 25.8 Å². The number of hydrogen-bond donors (Lipinski definition) is 1. The summed E-state index contributed by atoms with van der Waals surface area (Å²) in [5.74, 6) is -0.438. The van der Waals surface area contributed by atoms with E-state index in [0.29, 0.717) is 19.4 Å². The van der Waals surface area contributed by atoms with Crippen LogP contribution < -0.4 is 5.32 Å². The van der Waals surface area contributed by atoms with Crippen LogP contribution in [0.2, 0.25) is 0 Å². The van der Waals surface area contributed by atoms with Gasteiger partial charge in [-0.15, -0.1) is 0 Å². The molecule has 0 radical (unpaired) electrons. The second-order valence-electron chi connectivity index (χ2n) is 10.8. The Hall–Kier alpha value is -2.45. The molecule has 8 nitrogen and oxygen atoms in total. The number of benzene rings is 1. The molecule has 36 heavy (non-hydrogen) atoms. The number of carbonyl (C=O) groups excluding carboxylic acids is 3. The van der Waals surface area contributed by atoms with Gasteiger partial charge < -0.3 is 19.9 Å². The summed E-state index contributed by atoms with van der Waals surface area (Å²) in [5.41, 5.74) is 0.1000. The maximum absolute atomic E-state index is 13.5. The zero-order chi connectivity index (χ0) is 27.3. The first-order chi connectivity index (χ1) is 16.8. The van der Waals surface area contributed by atoms with Gasteiger partial charge in [-0.3, -0.25) is 9.59 Å². The van der Waals surface area contributed by atoms with E-state index in [2.05, 4.69) is 12.2 Å². The van der Waals surface area contributed by atoms with Crippen molar-refractivity contribution < 1.29 is 19.1 Å². The Kier molecular flexibility index (Phi) is 10.1. The molecule has 2 rings (SSSR count). The zero-order valence-electron chi connectivity index (χ0n) is 23.7. The van der Waals surface area contributed by atoms with Gasteiger partial charge in [0.25, 0.3) is 5.91 Å². The van der Waals surface area contributed by atoms with Crippen molar-refractivity contribution in [2.75, 3.05) is 34.2 Å². The first kappa shape index (κ1) is 29.8. The van der Waals surface area contributed by atoms with Gasteiger partial charge in [-0.25, -0.2) is 9.69 Å². The van der Waals surface area contributed by atoms with Gasteiger partial charge in [-0.05, 0) is 59.7 Å². The molecule has 1 saturated heterocycles. The van der Waals surface area contributed by atoms with Gasteiger partial charge in [0.15, 0.2) is 6.23 Å². The Bertz CT molecular complexity index is 909. The molecule has 0 aromatic heterocycles. The van der Waals surface area contributed by atoms with Gasteiger partial charge in [-0.2, -0.15) is 0 Å². The normalized spacial score (nSPS) is 18.1. The van der Waals surface area contributed by atoms with Crippen LogP contribution in [-0.4, -0.2) is 78.6 Å². The van der Waals surface area contributed by atoms with E-state index in [0.717, 1.165) is 30.5 Å². The molecular formula is C28H46N4O4. The maximum Gasteiger partial charge on any atom is 0.326 e. The number of imide groups is 1. The number of rotatable bonds is 12. The summed E-state index contributed by atoms with van der Waals surface area (Å²) in [6, 6.07) is 7.36. The van der Waals surface area contributed by atoms with Crippen molar-refractivity contribution in [1.29, 1.82) is 0 Å². The van der Waals surface area contributed by atoms with E-state index in [4.69, 9.17) is 4.74 Å². The third-order valence-electron chi connectivity index (χ3n) is 7.34. The molecule has 1 fully saturated rings. The molecular weight excluding hydrogens is 456 g/mol. The molecule has 0 bridgehead atoms. The molecule has 4 amide bonds. The predicted octanol–water partition coefficient (Wildman–Crippen LogP) is 4.34. The molecule has 202 valence electrons. The fourth-order valence-corrected chi connectivity index (χ4v) is 4.77. The maximum atomic E-state index is 13.5. The van der Waals surface area contributed by atoms with Crippen LogP contribution in [0.15, 0.2) is 24.3 Å². The SMILES string of the molecule is CCCC(NC(=O)N1C(=O)C(CC)(CC)C1OC(C)(C)C(=O)N(C)CCN(C)C)c1ccc(C)cc1. The van der Waals surface area contributed by atoms with Gasteiger partial charge in [0.05, 0.1) is 11.5 Å². The highest BCUT2D eigenvalue weighted by atomic mass is 16.5. The summed E-state index contributed by atoms with van der Waals surface area (Å²) in [6.45, 7) is 12.6. The van der Waals surface area contributed by atoms with Gasteiger partial charge >= 0.3 is 6.03 Å². The Labute approximate surface area is 217 Å². The molecule has 1 aromatic carbocycles. The summed E-state index contributed by atoms with van der Waals surface area (Å²) < 4.78 is 6.37. The van der Waals surface area contributed by atoms with Crippen molar-refractivity contribution in [2.45, 2.75) is 85.1 Å². The minimum Gasteiger partial charge on any atom is -0.342 e. The summed E-state index contributed by atoms with van der Waals surface area (Å²) in [4.78, 5) is 44.9. The van der Waals surface area contributed by atoms with Crippen LogP contribution in [0.25, 0.3) is 0 Å². The number of aryl methyl sites for hydroxylation is 1. The fraction of sp³-hybridized carbons (Fsp3) is 0.679. The Balaban J connectivity index is 2.27. The van der Waals surface area contributed by atoms with Crippen molar-refractivity contribution in [3.8, 4) is 0 Å². The highest BCUT2D eigenvalue weighted by Gasteiger charge is 2.63. The second-order valence-corrected chi connectivity index (χ2v) is 10.8. The number of nitrogens with zero attached hydrogens (tertiary/aromatic N) is 3. The van der Waals surface area contributed by atoms with Gasteiger partial charge in [0, 0.05) is 20.1 Å². The average Bonchev–Trinajstić information content (AvgIpc) is 2.82.